The Morgan fingerprint density at radius 3 is 2.88 bits per heavy atom. The van der Waals surface area contributed by atoms with Gasteiger partial charge in [0.2, 0.25) is 11.7 Å². The fourth-order valence-electron chi connectivity index (χ4n) is 2.93. The zero-order valence-corrected chi connectivity index (χ0v) is 9.11. The Morgan fingerprint density at radius 1 is 1.29 bits per heavy atom. The maximum absolute atomic E-state index is 6.03. The Hall–Kier alpha value is -1.69. The Labute approximate surface area is 97.2 Å². The highest BCUT2D eigenvalue weighted by Gasteiger charge is 2.55. The van der Waals surface area contributed by atoms with E-state index in [2.05, 4.69) is 15.1 Å². The first kappa shape index (κ1) is 9.35. The molecule has 0 amide bonds. The van der Waals surface area contributed by atoms with Crippen LogP contribution in [0, 0.1) is 11.8 Å². The molecular weight excluding hydrogens is 220 g/mol. The zero-order valence-electron chi connectivity index (χ0n) is 9.11. The van der Waals surface area contributed by atoms with Crippen molar-refractivity contribution in [1.82, 2.24) is 15.1 Å². The molecule has 2 saturated carbocycles. The predicted molar refractivity (Wildman–Crippen MR) is 56.7 cm³/mol. The van der Waals surface area contributed by atoms with Crippen LogP contribution in [0.4, 0.5) is 0 Å². The van der Waals surface area contributed by atoms with Gasteiger partial charge in [0.05, 0.1) is 0 Å². The van der Waals surface area contributed by atoms with Crippen LogP contribution in [0.25, 0.3) is 11.5 Å². The van der Waals surface area contributed by atoms with Gasteiger partial charge >= 0.3 is 0 Å². The van der Waals surface area contributed by atoms with Crippen molar-refractivity contribution in [3.63, 3.8) is 0 Å². The second kappa shape index (κ2) is 3.16. The van der Waals surface area contributed by atoms with E-state index in [4.69, 9.17) is 14.7 Å². The smallest absolute Gasteiger partial charge is 0.230 e. The van der Waals surface area contributed by atoms with E-state index in [0.29, 0.717) is 41.2 Å². The third-order valence-corrected chi connectivity index (χ3v) is 3.90. The van der Waals surface area contributed by atoms with Crippen molar-refractivity contribution in [3.05, 3.63) is 18.5 Å². The summed E-state index contributed by atoms with van der Waals surface area (Å²) in [6.45, 7) is 0. The largest absolute Gasteiger partial charge is 0.451 e. The van der Waals surface area contributed by atoms with E-state index in [-0.39, 0.29) is 0 Å². The van der Waals surface area contributed by atoms with Gasteiger partial charge in [0.15, 0.2) is 6.39 Å². The molecule has 2 fully saturated rings. The van der Waals surface area contributed by atoms with Crippen LogP contribution in [-0.4, -0.2) is 21.2 Å². The highest BCUT2D eigenvalue weighted by Crippen LogP contribution is 2.58. The second-order valence-corrected chi connectivity index (χ2v) is 4.90. The van der Waals surface area contributed by atoms with Crippen molar-refractivity contribution >= 4 is 0 Å². The first-order chi connectivity index (χ1) is 8.33. The van der Waals surface area contributed by atoms with E-state index >= 15 is 0 Å². The molecule has 2 aliphatic carbocycles. The molecule has 0 radical (unpaired) electrons. The summed E-state index contributed by atoms with van der Waals surface area (Å²) >= 11 is 0. The van der Waals surface area contributed by atoms with Gasteiger partial charge in [-0.1, -0.05) is 5.16 Å². The maximum Gasteiger partial charge on any atom is 0.230 e. The van der Waals surface area contributed by atoms with Gasteiger partial charge in [-0.2, -0.15) is 4.98 Å². The Balaban J connectivity index is 1.63. The predicted octanol–water partition coefficient (Wildman–Crippen LogP) is 1.18. The molecule has 6 heteroatoms. The van der Waals surface area contributed by atoms with Crippen LogP contribution in [0.15, 0.2) is 21.6 Å². The average molecular weight is 232 g/mol. The fourth-order valence-corrected chi connectivity index (χ4v) is 2.93. The van der Waals surface area contributed by atoms with E-state index in [1.165, 1.54) is 19.1 Å². The van der Waals surface area contributed by atoms with Gasteiger partial charge in [0.1, 0.15) is 12.0 Å². The van der Waals surface area contributed by atoms with Gasteiger partial charge in [-0.25, -0.2) is 4.98 Å². The molecule has 2 aliphatic rings. The van der Waals surface area contributed by atoms with Crippen molar-refractivity contribution in [1.29, 1.82) is 0 Å². The van der Waals surface area contributed by atoms with Crippen LogP contribution < -0.4 is 5.73 Å². The summed E-state index contributed by atoms with van der Waals surface area (Å²) in [5.41, 5.74) is 6.64. The van der Waals surface area contributed by atoms with Gasteiger partial charge in [-0.05, 0) is 24.7 Å². The lowest BCUT2D eigenvalue weighted by Crippen LogP contribution is -2.19. The number of hydrogen-bond donors (Lipinski definition) is 1. The molecule has 4 rings (SSSR count). The minimum atomic E-state index is 0.299. The number of rotatable bonds is 2. The number of oxazole rings is 1. The van der Waals surface area contributed by atoms with Crippen molar-refractivity contribution in [2.45, 2.75) is 24.8 Å². The van der Waals surface area contributed by atoms with Crippen molar-refractivity contribution in [2.24, 2.45) is 17.6 Å². The number of nitrogens with two attached hydrogens (primary N) is 1. The van der Waals surface area contributed by atoms with E-state index < -0.39 is 0 Å². The Bertz CT molecular complexity index is 535. The molecule has 2 heterocycles. The number of nitrogens with zero attached hydrogens (tertiary/aromatic N) is 3. The second-order valence-electron chi connectivity index (χ2n) is 4.90. The zero-order chi connectivity index (χ0) is 11.4. The average Bonchev–Trinajstić information content (AvgIpc) is 2.75. The lowest BCUT2D eigenvalue weighted by Gasteiger charge is -2.07. The van der Waals surface area contributed by atoms with E-state index in [1.807, 2.05) is 0 Å². The molecule has 0 aromatic carbocycles. The molecule has 17 heavy (non-hydrogen) atoms. The molecule has 0 aliphatic heterocycles. The van der Waals surface area contributed by atoms with Gasteiger partial charge in [0.25, 0.3) is 0 Å². The minimum Gasteiger partial charge on any atom is -0.451 e. The third-order valence-electron chi connectivity index (χ3n) is 3.90. The molecule has 0 spiro atoms. The van der Waals surface area contributed by atoms with E-state index in [0.717, 1.165) is 6.42 Å². The Kier molecular flexibility index (Phi) is 1.74. The maximum atomic E-state index is 6.03. The molecule has 2 aromatic heterocycles. The molecule has 2 N–H and O–H groups in total. The van der Waals surface area contributed by atoms with Crippen molar-refractivity contribution in [3.8, 4) is 11.5 Å². The molecule has 6 nitrogen and oxygen atoms in total. The molecule has 88 valence electrons. The number of aromatic nitrogens is 3. The van der Waals surface area contributed by atoms with Crippen molar-refractivity contribution < 1.29 is 8.94 Å². The van der Waals surface area contributed by atoms with Crippen LogP contribution in [-0.2, 0) is 0 Å². The SMILES string of the molecule is N[C@@H]1C[C@H](c2nc(-c3cocn3)no2)[C@H]2C[C@H]21. The number of hydrogen-bond acceptors (Lipinski definition) is 6. The molecule has 2 aromatic rings. The van der Waals surface area contributed by atoms with Crippen LogP contribution in [0.1, 0.15) is 24.7 Å². The van der Waals surface area contributed by atoms with Crippen LogP contribution >= 0.6 is 0 Å². The van der Waals surface area contributed by atoms with Gasteiger partial charge in [-0.15, -0.1) is 0 Å². The van der Waals surface area contributed by atoms with Gasteiger partial charge < -0.3 is 14.7 Å². The molecule has 0 unspecified atom stereocenters. The monoisotopic (exact) mass is 232 g/mol. The standard InChI is InChI=1S/C11H12N4O2/c12-8-2-7(5-1-6(5)8)11-14-10(15-17-11)9-3-16-4-13-9/h3-8H,1-2,12H2/t5-,6+,7-,8+/m0/s1. The van der Waals surface area contributed by atoms with E-state index in [9.17, 15) is 0 Å². The first-order valence-corrected chi connectivity index (χ1v) is 5.80. The van der Waals surface area contributed by atoms with Gasteiger partial charge in [-0.3, -0.25) is 0 Å². The molecule has 4 atom stereocenters. The quantitative estimate of drug-likeness (QED) is 0.835. The van der Waals surface area contributed by atoms with E-state index in [1.54, 1.807) is 0 Å². The first-order valence-electron chi connectivity index (χ1n) is 5.80. The summed E-state index contributed by atoms with van der Waals surface area (Å²) in [5, 5.41) is 3.93. The summed E-state index contributed by atoms with van der Waals surface area (Å²) in [4.78, 5) is 8.38. The third kappa shape index (κ3) is 1.33. The lowest BCUT2D eigenvalue weighted by molar-refractivity contribution is 0.341. The highest BCUT2D eigenvalue weighted by molar-refractivity contribution is 5.45. The lowest BCUT2D eigenvalue weighted by atomic mass is 10.0. The fraction of sp³-hybridized carbons (Fsp3) is 0.545. The topological polar surface area (TPSA) is 91.0 Å². The molecule has 0 saturated heterocycles. The van der Waals surface area contributed by atoms with Crippen LogP contribution in [0.2, 0.25) is 0 Å². The van der Waals surface area contributed by atoms with Crippen LogP contribution in [0.3, 0.4) is 0 Å². The molecular formula is C11H12N4O2. The summed E-state index contributed by atoms with van der Waals surface area (Å²) in [5.74, 6) is 2.84. The normalized spacial score (nSPS) is 34.9. The summed E-state index contributed by atoms with van der Waals surface area (Å²) < 4.78 is 10.2. The minimum absolute atomic E-state index is 0.299. The highest BCUT2D eigenvalue weighted by atomic mass is 16.5. The summed E-state index contributed by atoms with van der Waals surface area (Å²) in [6.07, 6.45) is 5.02. The summed E-state index contributed by atoms with van der Waals surface area (Å²) in [7, 11) is 0. The van der Waals surface area contributed by atoms with Gasteiger partial charge in [0, 0.05) is 12.0 Å². The molecule has 0 bridgehead atoms. The van der Waals surface area contributed by atoms with Crippen LogP contribution in [0.5, 0.6) is 0 Å². The summed E-state index contributed by atoms with van der Waals surface area (Å²) in [6, 6.07) is 0.299. The van der Waals surface area contributed by atoms with Crippen molar-refractivity contribution in [2.75, 3.05) is 0 Å². The Morgan fingerprint density at radius 2 is 2.24 bits per heavy atom. The number of fused-ring (bicyclic) bond motifs is 1.